The van der Waals surface area contributed by atoms with Crippen LogP contribution in [0, 0.1) is 18.3 Å². The van der Waals surface area contributed by atoms with Gasteiger partial charge in [-0.15, -0.1) is 0 Å². The highest BCUT2D eigenvalue weighted by Gasteiger charge is 2.12. The molecule has 0 fully saturated rings. The summed E-state index contributed by atoms with van der Waals surface area (Å²) in [6, 6.07) is 7.39. The molecule has 0 bridgehead atoms. The molecule has 1 aromatic heterocycles. The Morgan fingerprint density at radius 2 is 2.28 bits per heavy atom. The molecule has 0 unspecified atom stereocenters. The van der Waals surface area contributed by atoms with Crippen molar-refractivity contribution >= 4 is 33.8 Å². The largest absolute Gasteiger partial charge is 0.495 e. The van der Waals surface area contributed by atoms with E-state index in [1.165, 1.54) is 11.5 Å². The van der Waals surface area contributed by atoms with Gasteiger partial charge in [-0.25, -0.2) is 0 Å². The maximum Gasteiger partial charge on any atom is 0.142 e. The molecule has 4 nitrogen and oxygen atoms in total. The fourth-order valence-corrected chi connectivity index (χ4v) is 2.42. The third-order valence-corrected chi connectivity index (χ3v) is 3.47. The van der Waals surface area contributed by atoms with Crippen molar-refractivity contribution in [2.75, 3.05) is 12.4 Å². The third-order valence-electron chi connectivity index (χ3n) is 2.38. The van der Waals surface area contributed by atoms with Gasteiger partial charge in [0.25, 0.3) is 0 Å². The zero-order chi connectivity index (χ0) is 13.1. The molecule has 0 saturated heterocycles. The summed E-state index contributed by atoms with van der Waals surface area (Å²) >= 11 is 7.18. The first-order valence-corrected chi connectivity index (χ1v) is 6.27. The molecule has 6 heteroatoms. The number of ether oxygens (including phenoxy) is 1. The summed E-state index contributed by atoms with van der Waals surface area (Å²) in [6.45, 7) is 1.80. The van der Waals surface area contributed by atoms with Crippen LogP contribution in [0.3, 0.4) is 0 Å². The number of halogens is 1. The molecule has 0 radical (unpaired) electrons. The normalized spacial score (nSPS) is 9.89. The van der Waals surface area contributed by atoms with Crippen molar-refractivity contribution in [3.63, 3.8) is 0 Å². The number of anilines is 2. The monoisotopic (exact) mass is 279 g/mol. The van der Waals surface area contributed by atoms with Crippen molar-refractivity contribution in [1.29, 1.82) is 5.26 Å². The van der Waals surface area contributed by atoms with Gasteiger partial charge in [-0.2, -0.15) is 9.64 Å². The molecule has 0 aliphatic rings. The lowest BCUT2D eigenvalue weighted by Crippen LogP contribution is -1.94. The van der Waals surface area contributed by atoms with Gasteiger partial charge in [0.05, 0.1) is 18.5 Å². The number of hydrogen-bond acceptors (Lipinski definition) is 5. The fraction of sp³-hybridized carbons (Fsp3) is 0.167. The van der Waals surface area contributed by atoms with Gasteiger partial charge in [-0.05, 0) is 36.7 Å². The Hall–Kier alpha value is -1.77. The summed E-state index contributed by atoms with van der Waals surface area (Å²) in [5.41, 5.74) is 1.97. The predicted octanol–water partition coefficient (Wildman–Crippen LogP) is 3.73. The average Bonchev–Trinajstić information content (AvgIpc) is 2.70. The van der Waals surface area contributed by atoms with Crippen LogP contribution in [0.5, 0.6) is 5.75 Å². The minimum Gasteiger partial charge on any atom is -0.495 e. The first kappa shape index (κ1) is 12.7. The summed E-state index contributed by atoms with van der Waals surface area (Å²) < 4.78 is 9.38. The summed E-state index contributed by atoms with van der Waals surface area (Å²) in [6.07, 6.45) is 0. The van der Waals surface area contributed by atoms with E-state index in [0.29, 0.717) is 32.7 Å². The third kappa shape index (κ3) is 2.40. The SMILES string of the molecule is COc1ccc(Cl)cc1Nc1snc(C)c1C#N. The molecule has 0 spiro atoms. The molecule has 2 aromatic rings. The van der Waals surface area contributed by atoms with E-state index in [1.54, 1.807) is 32.2 Å². The highest BCUT2D eigenvalue weighted by Crippen LogP contribution is 2.33. The van der Waals surface area contributed by atoms with Gasteiger partial charge in [-0.3, -0.25) is 0 Å². The second kappa shape index (κ2) is 5.25. The van der Waals surface area contributed by atoms with Gasteiger partial charge >= 0.3 is 0 Å². The predicted molar refractivity (Wildman–Crippen MR) is 72.9 cm³/mol. The second-order valence-corrected chi connectivity index (χ2v) is 4.76. The molecule has 0 amide bonds. The van der Waals surface area contributed by atoms with E-state index in [9.17, 15) is 0 Å². The summed E-state index contributed by atoms with van der Waals surface area (Å²) in [7, 11) is 1.58. The van der Waals surface area contributed by atoms with Gasteiger partial charge in [0, 0.05) is 5.02 Å². The van der Waals surface area contributed by atoms with Gasteiger partial charge < -0.3 is 10.1 Å². The number of nitriles is 1. The molecule has 18 heavy (non-hydrogen) atoms. The molecule has 0 saturated carbocycles. The van der Waals surface area contributed by atoms with Crippen molar-refractivity contribution in [3.05, 3.63) is 34.5 Å². The van der Waals surface area contributed by atoms with Crippen LogP contribution in [0.25, 0.3) is 0 Å². The van der Waals surface area contributed by atoms with E-state index >= 15 is 0 Å². The summed E-state index contributed by atoms with van der Waals surface area (Å²) in [5.74, 6) is 0.661. The number of nitrogens with zero attached hydrogens (tertiary/aromatic N) is 2. The number of aromatic nitrogens is 1. The number of aryl methyl sites for hydroxylation is 1. The standard InChI is InChI=1S/C12H10ClN3OS/c1-7-9(6-14)12(18-16-7)15-10-5-8(13)3-4-11(10)17-2/h3-5,15H,1-2H3. The Morgan fingerprint density at radius 3 is 2.94 bits per heavy atom. The molecule has 0 atom stereocenters. The second-order valence-electron chi connectivity index (χ2n) is 3.55. The van der Waals surface area contributed by atoms with Gasteiger partial charge in [0.15, 0.2) is 0 Å². The molecule has 0 aliphatic carbocycles. The van der Waals surface area contributed by atoms with Crippen LogP contribution in [-0.4, -0.2) is 11.5 Å². The van der Waals surface area contributed by atoms with E-state index in [2.05, 4.69) is 15.8 Å². The van der Waals surface area contributed by atoms with Gasteiger partial charge in [0.1, 0.15) is 22.4 Å². The quantitative estimate of drug-likeness (QED) is 0.930. The molecule has 1 N–H and O–H groups in total. The molecule has 1 heterocycles. The van der Waals surface area contributed by atoms with Crippen molar-refractivity contribution in [3.8, 4) is 11.8 Å². The fourth-order valence-electron chi connectivity index (χ4n) is 1.49. The van der Waals surface area contributed by atoms with Gasteiger partial charge in [-0.1, -0.05) is 11.6 Å². The maximum atomic E-state index is 9.07. The Balaban J connectivity index is 2.40. The molecule has 2 rings (SSSR count). The summed E-state index contributed by atoms with van der Waals surface area (Å²) in [4.78, 5) is 0. The molecule has 1 aromatic carbocycles. The van der Waals surface area contributed by atoms with E-state index in [1.807, 2.05) is 0 Å². The highest BCUT2D eigenvalue weighted by molar-refractivity contribution is 7.10. The first-order valence-electron chi connectivity index (χ1n) is 5.12. The molecular weight excluding hydrogens is 270 g/mol. The topological polar surface area (TPSA) is 57.9 Å². The number of hydrogen-bond donors (Lipinski definition) is 1. The highest BCUT2D eigenvalue weighted by atomic mass is 35.5. The first-order chi connectivity index (χ1) is 8.65. The number of nitrogens with one attached hydrogen (secondary N) is 1. The van der Waals surface area contributed by atoms with Crippen LogP contribution in [0.4, 0.5) is 10.7 Å². The minimum atomic E-state index is 0.544. The van der Waals surface area contributed by atoms with Crippen molar-refractivity contribution in [2.45, 2.75) is 6.92 Å². The molecule has 0 aliphatic heterocycles. The minimum absolute atomic E-state index is 0.544. The van der Waals surface area contributed by atoms with E-state index in [0.717, 1.165) is 0 Å². The Bertz CT molecular complexity index is 618. The van der Waals surface area contributed by atoms with Crippen LogP contribution in [0.15, 0.2) is 18.2 Å². The van der Waals surface area contributed by atoms with Crippen molar-refractivity contribution in [2.24, 2.45) is 0 Å². The van der Waals surface area contributed by atoms with Crippen LogP contribution in [-0.2, 0) is 0 Å². The van der Waals surface area contributed by atoms with Crippen molar-refractivity contribution < 1.29 is 4.74 Å². The van der Waals surface area contributed by atoms with Crippen LogP contribution in [0.2, 0.25) is 5.02 Å². The van der Waals surface area contributed by atoms with E-state index in [-0.39, 0.29) is 0 Å². The van der Waals surface area contributed by atoms with Gasteiger partial charge in [0.2, 0.25) is 0 Å². The zero-order valence-corrected chi connectivity index (χ0v) is 11.4. The zero-order valence-electron chi connectivity index (χ0n) is 9.82. The molecular formula is C12H10ClN3OS. The maximum absolute atomic E-state index is 9.07. The van der Waals surface area contributed by atoms with Crippen LogP contribution >= 0.6 is 23.1 Å². The Morgan fingerprint density at radius 1 is 1.50 bits per heavy atom. The van der Waals surface area contributed by atoms with Crippen molar-refractivity contribution in [1.82, 2.24) is 4.37 Å². The smallest absolute Gasteiger partial charge is 0.142 e. The van der Waals surface area contributed by atoms with E-state index in [4.69, 9.17) is 21.6 Å². The Kier molecular flexibility index (Phi) is 3.70. The van der Waals surface area contributed by atoms with E-state index < -0.39 is 0 Å². The lowest BCUT2D eigenvalue weighted by atomic mass is 10.2. The van der Waals surface area contributed by atoms with Crippen LogP contribution in [0.1, 0.15) is 11.3 Å². The average molecular weight is 280 g/mol. The molecule has 92 valence electrons. The number of benzene rings is 1. The van der Waals surface area contributed by atoms with Crippen LogP contribution < -0.4 is 10.1 Å². The number of rotatable bonds is 3. The summed E-state index contributed by atoms with van der Waals surface area (Å²) in [5, 5.41) is 13.5. The number of methoxy groups -OCH3 is 1. The Labute approximate surface area is 114 Å². The lowest BCUT2D eigenvalue weighted by Gasteiger charge is -2.09. The lowest BCUT2D eigenvalue weighted by molar-refractivity contribution is 0.417.